The predicted octanol–water partition coefficient (Wildman–Crippen LogP) is 5.95. The number of phenolic OH excluding ortho intramolecular Hbond substituents is 2. The molecule has 4 aromatic carbocycles. The molecule has 2 N–H and O–H groups in total. The molecule has 2 atom stereocenters. The number of ether oxygens (including phenoxy) is 2. The number of aromatic hydroxyl groups is 2. The molecule has 10 heteroatoms. The highest BCUT2D eigenvalue weighted by Gasteiger charge is 2.42. The van der Waals surface area contributed by atoms with Crippen LogP contribution in [0.3, 0.4) is 0 Å². The Hall–Kier alpha value is -5.64. The summed E-state index contributed by atoms with van der Waals surface area (Å²) in [4.78, 5) is 52.7. The monoisotopic (exact) mass is 650 g/mol. The van der Waals surface area contributed by atoms with Crippen LogP contribution in [-0.4, -0.2) is 47.2 Å². The highest BCUT2D eigenvalue weighted by atomic mass is 16.5. The number of benzene rings is 4. The topological polar surface area (TPSA) is 134 Å². The lowest BCUT2D eigenvalue weighted by Crippen LogP contribution is -2.29. The van der Waals surface area contributed by atoms with E-state index < -0.39 is 23.8 Å². The fourth-order valence-electron chi connectivity index (χ4n) is 6.14. The van der Waals surface area contributed by atoms with E-state index >= 15 is 0 Å². The third kappa shape index (κ3) is 7.33. The standard InChI is InChI=1S/2C19H19NO4/c2*1-2-24-17(22)11-14-18-15(9-6-10-16(18)21)20(19(14)23)12-13-7-4-3-5-8-13/h2*3-10,14,21H,2,11-12H2,1H3/t2*14-/m10/s1. The molecule has 0 unspecified atom stereocenters. The summed E-state index contributed by atoms with van der Waals surface area (Å²) in [6, 6.07) is 29.3. The SMILES string of the molecule is CCOC(=O)C[C@@H]1C(=O)N(Cc2ccccc2)c2cccc(O)c21.CCOC(=O)C[C@H]1C(=O)N(Cc2ccccc2)c2cccc(O)c21. The molecule has 0 saturated heterocycles. The van der Waals surface area contributed by atoms with E-state index in [2.05, 4.69) is 0 Å². The Balaban J connectivity index is 0.000000188. The molecule has 0 radical (unpaired) electrons. The minimum atomic E-state index is -0.705. The van der Waals surface area contributed by atoms with Gasteiger partial charge in [-0.1, -0.05) is 72.8 Å². The van der Waals surface area contributed by atoms with Crippen LogP contribution in [0, 0.1) is 0 Å². The number of anilines is 2. The van der Waals surface area contributed by atoms with E-state index in [1.807, 2.05) is 60.7 Å². The van der Waals surface area contributed by atoms with Crippen LogP contribution in [0.1, 0.15) is 60.8 Å². The van der Waals surface area contributed by atoms with Crippen LogP contribution in [-0.2, 0) is 41.7 Å². The van der Waals surface area contributed by atoms with Gasteiger partial charge in [-0.05, 0) is 49.2 Å². The molecular formula is C38H38N2O8. The third-order valence-electron chi connectivity index (χ3n) is 8.25. The first-order chi connectivity index (χ1) is 23.2. The molecule has 0 saturated carbocycles. The van der Waals surface area contributed by atoms with Crippen molar-refractivity contribution >= 4 is 35.1 Å². The molecule has 2 aliphatic rings. The molecule has 0 bridgehead atoms. The normalized spacial score (nSPS) is 16.1. The average molecular weight is 651 g/mol. The molecule has 6 rings (SSSR count). The van der Waals surface area contributed by atoms with Crippen LogP contribution in [0.4, 0.5) is 11.4 Å². The maximum absolute atomic E-state index is 12.9. The lowest BCUT2D eigenvalue weighted by Gasteiger charge is -2.18. The summed E-state index contributed by atoms with van der Waals surface area (Å²) >= 11 is 0. The van der Waals surface area contributed by atoms with E-state index in [1.165, 1.54) is 12.1 Å². The lowest BCUT2D eigenvalue weighted by molar-refractivity contribution is -0.145. The number of fused-ring (bicyclic) bond motifs is 2. The smallest absolute Gasteiger partial charge is 0.306 e. The summed E-state index contributed by atoms with van der Waals surface area (Å²) in [5.41, 5.74) is 4.28. The molecule has 0 aliphatic carbocycles. The molecule has 0 aromatic heterocycles. The van der Waals surface area contributed by atoms with Crippen molar-refractivity contribution in [2.45, 2.75) is 51.6 Å². The summed E-state index contributed by atoms with van der Waals surface area (Å²) in [5.74, 6) is -2.60. The van der Waals surface area contributed by atoms with E-state index in [4.69, 9.17) is 9.47 Å². The Bertz CT molecular complexity index is 1650. The lowest BCUT2D eigenvalue weighted by atomic mass is 9.96. The van der Waals surface area contributed by atoms with Crippen LogP contribution >= 0.6 is 0 Å². The first kappa shape index (κ1) is 33.7. The predicted molar refractivity (Wildman–Crippen MR) is 179 cm³/mol. The molecular weight excluding hydrogens is 612 g/mol. The number of phenols is 2. The molecule has 2 heterocycles. The molecule has 0 fully saturated rings. The first-order valence-corrected chi connectivity index (χ1v) is 15.9. The molecule has 10 nitrogen and oxygen atoms in total. The van der Waals surface area contributed by atoms with Gasteiger partial charge in [0.2, 0.25) is 11.8 Å². The molecule has 0 spiro atoms. The van der Waals surface area contributed by atoms with Crippen LogP contribution in [0.5, 0.6) is 11.5 Å². The largest absolute Gasteiger partial charge is 0.508 e. The van der Waals surface area contributed by atoms with Crippen molar-refractivity contribution in [3.8, 4) is 11.5 Å². The summed E-state index contributed by atoms with van der Waals surface area (Å²) < 4.78 is 9.94. The number of nitrogens with zero attached hydrogens (tertiary/aromatic N) is 2. The number of rotatable bonds is 10. The Labute approximate surface area is 279 Å². The van der Waals surface area contributed by atoms with Crippen molar-refractivity contribution in [1.82, 2.24) is 0 Å². The quantitative estimate of drug-likeness (QED) is 0.201. The number of amides is 2. The van der Waals surface area contributed by atoms with E-state index in [1.54, 1.807) is 47.9 Å². The zero-order valence-corrected chi connectivity index (χ0v) is 26.9. The Morgan fingerprint density at radius 3 is 1.31 bits per heavy atom. The molecule has 4 aromatic rings. The average Bonchev–Trinajstić information content (AvgIpc) is 3.49. The second-order valence-electron chi connectivity index (χ2n) is 11.4. The summed E-state index contributed by atoms with van der Waals surface area (Å²) in [6.07, 6.45) is -0.134. The highest BCUT2D eigenvalue weighted by Crippen LogP contribution is 2.46. The van der Waals surface area contributed by atoms with Gasteiger partial charge < -0.3 is 29.5 Å². The van der Waals surface area contributed by atoms with Gasteiger partial charge in [-0.2, -0.15) is 0 Å². The fraction of sp³-hybridized carbons (Fsp3) is 0.263. The number of hydrogen-bond acceptors (Lipinski definition) is 8. The maximum atomic E-state index is 12.9. The van der Waals surface area contributed by atoms with Gasteiger partial charge in [0.1, 0.15) is 11.5 Å². The number of carbonyl (C=O) groups is 4. The van der Waals surface area contributed by atoms with Gasteiger partial charge in [0, 0.05) is 11.1 Å². The van der Waals surface area contributed by atoms with Crippen molar-refractivity contribution in [1.29, 1.82) is 0 Å². The fourth-order valence-corrected chi connectivity index (χ4v) is 6.14. The van der Waals surface area contributed by atoms with E-state index in [9.17, 15) is 29.4 Å². The summed E-state index contributed by atoms with van der Waals surface area (Å²) in [5, 5.41) is 20.4. The maximum Gasteiger partial charge on any atom is 0.306 e. The van der Waals surface area contributed by atoms with E-state index in [-0.39, 0.29) is 49.4 Å². The van der Waals surface area contributed by atoms with Gasteiger partial charge >= 0.3 is 11.9 Å². The zero-order valence-electron chi connectivity index (χ0n) is 26.9. The molecule has 2 aliphatic heterocycles. The molecule has 48 heavy (non-hydrogen) atoms. The second kappa shape index (κ2) is 15.3. The summed E-state index contributed by atoms with van der Waals surface area (Å²) in [7, 11) is 0. The Kier molecular flexibility index (Phi) is 10.7. The van der Waals surface area contributed by atoms with Crippen LogP contribution < -0.4 is 9.80 Å². The van der Waals surface area contributed by atoms with Gasteiger partial charge in [-0.3, -0.25) is 19.2 Å². The van der Waals surface area contributed by atoms with Gasteiger partial charge in [-0.25, -0.2) is 0 Å². The van der Waals surface area contributed by atoms with Crippen LogP contribution in [0.2, 0.25) is 0 Å². The Morgan fingerprint density at radius 2 is 0.958 bits per heavy atom. The minimum absolute atomic E-state index is 0.0331. The number of carbonyl (C=O) groups excluding carboxylic acids is 4. The van der Waals surface area contributed by atoms with Crippen molar-refractivity contribution < 1.29 is 38.9 Å². The highest BCUT2D eigenvalue weighted by molar-refractivity contribution is 6.08. The molecule has 2 amide bonds. The zero-order chi connectivity index (χ0) is 34.2. The van der Waals surface area contributed by atoms with Crippen molar-refractivity contribution in [2.24, 2.45) is 0 Å². The Morgan fingerprint density at radius 1 is 0.583 bits per heavy atom. The van der Waals surface area contributed by atoms with Gasteiger partial charge in [0.15, 0.2) is 0 Å². The van der Waals surface area contributed by atoms with Crippen LogP contribution in [0.15, 0.2) is 97.1 Å². The van der Waals surface area contributed by atoms with Gasteiger partial charge in [-0.15, -0.1) is 0 Å². The third-order valence-corrected chi connectivity index (χ3v) is 8.25. The second-order valence-corrected chi connectivity index (χ2v) is 11.4. The van der Waals surface area contributed by atoms with Crippen molar-refractivity contribution in [3.63, 3.8) is 0 Å². The van der Waals surface area contributed by atoms with Gasteiger partial charge in [0.25, 0.3) is 0 Å². The van der Waals surface area contributed by atoms with Crippen molar-refractivity contribution in [3.05, 3.63) is 119 Å². The first-order valence-electron chi connectivity index (χ1n) is 15.9. The summed E-state index contributed by atoms with van der Waals surface area (Å²) in [6.45, 7) is 4.77. The van der Waals surface area contributed by atoms with E-state index in [0.717, 1.165) is 11.1 Å². The van der Waals surface area contributed by atoms with Crippen molar-refractivity contribution in [2.75, 3.05) is 23.0 Å². The van der Waals surface area contributed by atoms with E-state index in [0.29, 0.717) is 35.6 Å². The minimum Gasteiger partial charge on any atom is -0.508 e. The van der Waals surface area contributed by atoms with Crippen LogP contribution in [0.25, 0.3) is 0 Å². The number of hydrogen-bond donors (Lipinski definition) is 2. The van der Waals surface area contributed by atoms with Gasteiger partial charge in [0.05, 0.1) is 62.4 Å². The number of esters is 2. The molecule has 248 valence electrons.